The van der Waals surface area contributed by atoms with Crippen LogP contribution in [0, 0.1) is 11.3 Å². The summed E-state index contributed by atoms with van der Waals surface area (Å²) in [6, 6.07) is 12.3. The zero-order valence-electron chi connectivity index (χ0n) is 17.8. The first-order valence-corrected chi connectivity index (χ1v) is 10.6. The van der Waals surface area contributed by atoms with Gasteiger partial charge in [0.25, 0.3) is 5.56 Å². The number of fused-ring (bicyclic) bond motifs is 3. The quantitative estimate of drug-likeness (QED) is 0.495. The summed E-state index contributed by atoms with van der Waals surface area (Å²) in [6.07, 6.45) is -1.43. The van der Waals surface area contributed by atoms with E-state index >= 15 is 0 Å². The van der Waals surface area contributed by atoms with Crippen LogP contribution < -0.4 is 11.2 Å². The summed E-state index contributed by atoms with van der Waals surface area (Å²) in [4.78, 5) is 26.3. The maximum atomic E-state index is 13.4. The number of furan rings is 1. The number of benzene rings is 1. The normalized spacial score (nSPS) is 17.8. The number of hydrogen-bond acceptors (Lipinski definition) is 6. The van der Waals surface area contributed by atoms with Crippen molar-refractivity contribution < 1.29 is 14.3 Å². The first-order valence-electron chi connectivity index (χ1n) is 10.2. The van der Waals surface area contributed by atoms with Crippen molar-refractivity contribution in [2.45, 2.75) is 18.8 Å². The summed E-state index contributed by atoms with van der Waals surface area (Å²) in [5.41, 5.74) is 1.58. The van der Waals surface area contributed by atoms with Gasteiger partial charge in [0.05, 0.1) is 53.2 Å². The summed E-state index contributed by atoms with van der Waals surface area (Å²) in [5, 5.41) is 19.8. The van der Waals surface area contributed by atoms with E-state index in [0.717, 1.165) is 4.57 Å². The van der Waals surface area contributed by atoms with E-state index in [4.69, 9.17) is 20.8 Å². The smallest absolute Gasteiger partial charge is 0.331 e. The van der Waals surface area contributed by atoms with Gasteiger partial charge < -0.3 is 18.8 Å². The second-order valence-electron chi connectivity index (χ2n) is 7.93. The Morgan fingerprint density at radius 3 is 2.67 bits per heavy atom. The highest BCUT2D eigenvalue weighted by Gasteiger charge is 2.37. The highest BCUT2D eigenvalue weighted by Crippen LogP contribution is 2.42. The molecule has 4 heterocycles. The third-order valence-electron chi connectivity index (χ3n) is 5.99. The molecule has 1 N–H and O–H groups in total. The Morgan fingerprint density at radius 1 is 1.21 bits per heavy atom. The molecule has 0 amide bonds. The maximum absolute atomic E-state index is 13.4. The zero-order valence-corrected chi connectivity index (χ0v) is 18.5. The maximum Gasteiger partial charge on any atom is 0.331 e. The third-order valence-corrected chi connectivity index (χ3v) is 6.19. The number of aromatic nitrogens is 3. The minimum Gasteiger partial charge on any atom is -0.446 e. The van der Waals surface area contributed by atoms with E-state index in [0.29, 0.717) is 39.2 Å². The SMILES string of the molecule is Cn1c(=O)c2c(-c3cccc(C#N)c3)n3c(c2n(C)c1=O)[C@@H](c1ccc(Cl)o1)O[C@@H](CO)C3. The molecule has 3 aromatic heterocycles. The van der Waals surface area contributed by atoms with E-state index < -0.39 is 23.5 Å². The van der Waals surface area contributed by atoms with Crippen LogP contribution in [0.15, 0.2) is 50.4 Å². The lowest BCUT2D eigenvalue weighted by atomic mass is 10.1. The van der Waals surface area contributed by atoms with Crippen molar-refractivity contribution in [3.05, 3.63) is 79.5 Å². The fourth-order valence-electron chi connectivity index (χ4n) is 4.51. The molecule has 1 aliphatic heterocycles. The molecule has 0 aliphatic carbocycles. The van der Waals surface area contributed by atoms with Crippen LogP contribution in [-0.2, 0) is 25.4 Å². The highest BCUT2D eigenvalue weighted by atomic mass is 35.5. The second kappa shape index (κ2) is 7.78. The number of ether oxygens (including phenoxy) is 1. The van der Waals surface area contributed by atoms with E-state index in [1.54, 1.807) is 43.4 Å². The van der Waals surface area contributed by atoms with E-state index in [-0.39, 0.29) is 18.4 Å². The van der Waals surface area contributed by atoms with Crippen molar-refractivity contribution >= 4 is 22.5 Å². The van der Waals surface area contributed by atoms with Crippen LogP contribution >= 0.6 is 11.6 Å². The number of nitrogens with zero attached hydrogens (tertiary/aromatic N) is 4. The number of hydrogen-bond donors (Lipinski definition) is 1. The summed E-state index contributed by atoms with van der Waals surface area (Å²) >= 11 is 6.01. The Balaban J connectivity index is 1.97. The van der Waals surface area contributed by atoms with Crippen LogP contribution in [0.4, 0.5) is 0 Å². The number of rotatable bonds is 3. The lowest BCUT2D eigenvalue weighted by Gasteiger charge is -2.31. The van der Waals surface area contributed by atoms with Gasteiger partial charge in [0, 0.05) is 19.7 Å². The van der Waals surface area contributed by atoms with Gasteiger partial charge in [-0.1, -0.05) is 12.1 Å². The second-order valence-corrected chi connectivity index (χ2v) is 8.30. The summed E-state index contributed by atoms with van der Waals surface area (Å²) in [7, 11) is 3.01. The molecule has 4 aromatic rings. The molecule has 0 spiro atoms. The minimum absolute atomic E-state index is 0.161. The Labute approximate surface area is 192 Å². The van der Waals surface area contributed by atoms with E-state index in [1.165, 1.54) is 11.6 Å². The fourth-order valence-corrected chi connectivity index (χ4v) is 4.66. The number of aliphatic hydroxyl groups is 1. The molecular weight excluding hydrogens is 448 g/mol. The molecule has 168 valence electrons. The lowest BCUT2D eigenvalue weighted by molar-refractivity contribution is -0.0589. The topological polar surface area (TPSA) is 115 Å². The number of halogens is 1. The van der Waals surface area contributed by atoms with E-state index in [2.05, 4.69) is 6.07 Å². The van der Waals surface area contributed by atoms with Crippen LogP contribution in [0.2, 0.25) is 5.22 Å². The van der Waals surface area contributed by atoms with Crippen LogP contribution in [-0.4, -0.2) is 31.5 Å². The monoisotopic (exact) mass is 466 g/mol. The van der Waals surface area contributed by atoms with Crippen molar-refractivity contribution in [2.75, 3.05) is 6.61 Å². The molecule has 5 rings (SSSR count). The third kappa shape index (κ3) is 3.15. The lowest BCUT2D eigenvalue weighted by Crippen LogP contribution is -2.37. The van der Waals surface area contributed by atoms with Crippen LogP contribution in [0.25, 0.3) is 22.2 Å². The molecule has 33 heavy (non-hydrogen) atoms. The Hall–Kier alpha value is -3.58. The Morgan fingerprint density at radius 2 is 2.00 bits per heavy atom. The molecule has 0 bridgehead atoms. The molecule has 0 saturated carbocycles. The van der Waals surface area contributed by atoms with Crippen LogP contribution in [0.3, 0.4) is 0 Å². The summed E-state index contributed by atoms with van der Waals surface area (Å²) in [6.45, 7) is -0.0393. The average Bonchev–Trinajstić information content (AvgIpc) is 3.42. The minimum atomic E-state index is -0.823. The van der Waals surface area contributed by atoms with Gasteiger partial charge >= 0.3 is 5.69 Å². The molecular formula is C23H19ClN4O5. The van der Waals surface area contributed by atoms with Crippen molar-refractivity contribution in [2.24, 2.45) is 14.1 Å². The Kier molecular flexibility index (Phi) is 5.01. The zero-order chi connectivity index (χ0) is 23.4. The molecule has 0 saturated heterocycles. The standard InChI is InChI=1S/C23H19ClN4O5/c1-26-19-17(22(30)27(2)23(26)31)18(13-5-3-4-12(8-13)9-25)28-10-14(11-29)32-21(20(19)28)15-6-7-16(24)33-15/h3-8,14,21,29H,10-11H2,1-2H3/t14-,21-/m1/s1. The van der Waals surface area contributed by atoms with Gasteiger partial charge in [0.1, 0.15) is 5.76 Å². The molecule has 2 atom stereocenters. The molecule has 0 unspecified atom stereocenters. The van der Waals surface area contributed by atoms with E-state index in [9.17, 15) is 20.0 Å². The average molecular weight is 467 g/mol. The molecule has 1 aromatic carbocycles. The van der Waals surface area contributed by atoms with Crippen molar-refractivity contribution in [1.82, 2.24) is 13.7 Å². The molecule has 1 aliphatic rings. The van der Waals surface area contributed by atoms with Gasteiger partial charge in [-0.05, 0) is 35.9 Å². The van der Waals surface area contributed by atoms with Crippen molar-refractivity contribution in [1.29, 1.82) is 5.26 Å². The molecule has 10 heteroatoms. The molecule has 9 nitrogen and oxygen atoms in total. The predicted octanol–water partition coefficient (Wildman–Crippen LogP) is 2.30. The largest absolute Gasteiger partial charge is 0.446 e. The first-order chi connectivity index (χ1) is 15.8. The van der Waals surface area contributed by atoms with Gasteiger partial charge in [-0.3, -0.25) is 13.9 Å². The first kappa shape index (κ1) is 21.3. The van der Waals surface area contributed by atoms with Gasteiger partial charge in [-0.25, -0.2) is 4.79 Å². The van der Waals surface area contributed by atoms with Gasteiger partial charge in [0.2, 0.25) is 0 Å². The Bertz CT molecular complexity index is 1570. The van der Waals surface area contributed by atoms with Crippen molar-refractivity contribution in [3.63, 3.8) is 0 Å². The highest BCUT2D eigenvalue weighted by molar-refractivity contribution is 6.28. The predicted molar refractivity (Wildman–Crippen MR) is 120 cm³/mol. The number of aliphatic hydroxyl groups excluding tert-OH is 1. The number of aryl methyl sites for hydroxylation is 1. The summed E-state index contributed by atoms with van der Waals surface area (Å²) in [5.74, 6) is 0.379. The van der Waals surface area contributed by atoms with Crippen LogP contribution in [0.5, 0.6) is 0 Å². The summed E-state index contributed by atoms with van der Waals surface area (Å²) < 4.78 is 16.1. The number of nitriles is 1. The van der Waals surface area contributed by atoms with Gasteiger partial charge in [-0.15, -0.1) is 0 Å². The van der Waals surface area contributed by atoms with Gasteiger partial charge in [0.15, 0.2) is 11.3 Å². The van der Waals surface area contributed by atoms with Crippen molar-refractivity contribution in [3.8, 4) is 17.3 Å². The van der Waals surface area contributed by atoms with E-state index in [1.807, 2.05) is 4.57 Å². The van der Waals surface area contributed by atoms with Crippen LogP contribution in [0.1, 0.15) is 23.1 Å². The fraction of sp³-hybridized carbons (Fsp3) is 0.261. The molecule has 0 fully saturated rings. The molecule has 0 radical (unpaired) electrons. The van der Waals surface area contributed by atoms with Gasteiger partial charge in [-0.2, -0.15) is 5.26 Å².